The third-order valence-electron chi connectivity index (χ3n) is 10.8. The van der Waals surface area contributed by atoms with Crippen LogP contribution in [0.1, 0.15) is 24.3 Å². The van der Waals surface area contributed by atoms with Crippen molar-refractivity contribution < 1.29 is 4.42 Å². The minimum Gasteiger partial charge on any atom is -0.455 e. The topological polar surface area (TPSA) is 16.4 Å². The number of nitrogens with zero attached hydrogens (tertiary/aromatic N) is 1. The second-order valence-electron chi connectivity index (χ2n) is 13.9. The van der Waals surface area contributed by atoms with Crippen LogP contribution in [-0.4, -0.2) is 0 Å². The Kier molecular flexibility index (Phi) is 7.73. The molecule has 8 aromatic carbocycles. The summed E-state index contributed by atoms with van der Waals surface area (Å²) >= 11 is 0. The summed E-state index contributed by atoms with van der Waals surface area (Å²) in [4.78, 5) is 2.43. The van der Waals surface area contributed by atoms with Crippen LogP contribution in [0.25, 0.3) is 65.7 Å². The molecule has 1 unspecified atom stereocenters. The molecule has 0 saturated heterocycles. The Morgan fingerprint density at radius 1 is 0.472 bits per heavy atom. The van der Waals surface area contributed by atoms with Gasteiger partial charge in [-0.2, -0.15) is 0 Å². The Bertz CT molecular complexity index is 2830. The fraction of sp³-hybridized carbons (Fsp3) is 0.0588. The van der Waals surface area contributed by atoms with Crippen molar-refractivity contribution in [1.82, 2.24) is 0 Å². The van der Waals surface area contributed by atoms with Crippen LogP contribution < -0.4 is 4.90 Å². The molecule has 0 radical (unpaired) electrons. The summed E-state index contributed by atoms with van der Waals surface area (Å²) in [6.07, 6.45) is 9.05. The van der Waals surface area contributed by atoms with Gasteiger partial charge in [0.25, 0.3) is 0 Å². The van der Waals surface area contributed by atoms with E-state index in [4.69, 9.17) is 4.42 Å². The van der Waals surface area contributed by atoms with E-state index < -0.39 is 0 Å². The van der Waals surface area contributed by atoms with Crippen molar-refractivity contribution in [2.45, 2.75) is 18.8 Å². The summed E-state index contributed by atoms with van der Waals surface area (Å²) in [6, 6.07) is 63.2. The summed E-state index contributed by atoms with van der Waals surface area (Å²) in [5.41, 5.74) is 11.6. The fourth-order valence-corrected chi connectivity index (χ4v) is 8.36. The van der Waals surface area contributed by atoms with Crippen molar-refractivity contribution in [3.05, 3.63) is 205 Å². The van der Waals surface area contributed by atoms with E-state index in [1.165, 1.54) is 60.7 Å². The van der Waals surface area contributed by atoms with Gasteiger partial charge < -0.3 is 9.32 Å². The van der Waals surface area contributed by atoms with Gasteiger partial charge in [0, 0.05) is 44.4 Å². The Balaban J connectivity index is 1.08. The highest BCUT2D eigenvalue weighted by atomic mass is 16.3. The van der Waals surface area contributed by atoms with Crippen molar-refractivity contribution in [3.63, 3.8) is 0 Å². The monoisotopic (exact) mass is 679 g/mol. The molecule has 0 N–H and O–H groups in total. The molecule has 10 rings (SSSR count). The number of hydrogen-bond acceptors (Lipinski definition) is 2. The van der Waals surface area contributed by atoms with Crippen LogP contribution in [0.4, 0.5) is 11.4 Å². The van der Waals surface area contributed by atoms with Gasteiger partial charge in [-0.05, 0) is 76.2 Å². The van der Waals surface area contributed by atoms with Gasteiger partial charge in [-0.3, -0.25) is 0 Å². The third-order valence-corrected chi connectivity index (χ3v) is 10.8. The molecule has 0 aliphatic heterocycles. The van der Waals surface area contributed by atoms with Gasteiger partial charge >= 0.3 is 0 Å². The van der Waals surface area contributed by atoms with Crippen molar-refractivity contribution in [1.29, 1.82) is 0 Å². The lowest BCUT2D eigenvalue weighted by atomic mass is 9.92. The molecule has 9 aromatic rings. The minimum absolute atomic E-state index is 0.197. The smallest absolute Gasteiger partial charge is 0.143 e. The molecule has 1 heterocycles. The van der Waals surface area contributed by atoms with Crippen molar-refractivity contribution in [2.24, 2.45) is 0 Å². The SMILES string of the molecule is C1=CC(c2cccc3c2oc2c4ccccc4c(-c4ccccc4)cc32)CCC=C1N(c1ccccc1)c1ccc(-c2ccccc2)c2ccccc12. The Hall–Kier alpha value is -6.64. The summed E-state index contributed by atoms with van der Waals surface area (Å²) in [7, 11) is 0. The van der Waals surface area contributed by atoms with E-state index in [2.05, 4.69) is 199 Å². The maximum absolute atomic E-state index is 6.93. The summed E-state index contributed by atoms with van der Waals surface area (Å²) in [6.45, 7) is 0. The van der Waals surface area contributed by atoms with Gasteiger partial charge in [0.1, 0.15) is 11.2 Å². The predicted octanol–water partition coefficient (Wildman–Crippen LogP) is 14.4. The van der Waals surface area contributed by atoms with E-state index in [0.29, 0.717) is 0 Å². The van der Waals surface area contributed by atoms with Gasteiger partial charge in [-0.25, -0.2) is 0 Å². The lowest BCUT2D eigenvalue weighted by molar-refractivity contribution is 0.654. The zero-order valence-corrected chi connectivity index (χ0v) is 29.3. The zero-order chi connectivity index (χ0) is 35.1. The number of benzene rings is 8. The molecule has 1 aromatic heterocycles. The summed E-state index contributed by atoms with van der Waals surface area (Å²) in [5.74, 6) is 0.197. The Morgan fingerprint density at radius 2 is 1.06 bits per heavy atom. The number of para-hydroxylation sites is 2. The van der Waals surface area contributed by atoms with Crippen LogP contribution >= 0.6 is 0 Å². The van der Waals surface area contributed by atoms with Crippen LogP contribution in [0.15, 0.2) is 204 Å². The molecule has 2 nitrogen and oxygen atoms in total. The van der Waals surface area contributed by atoms with E-state index in [-0.39, 0.29) is 5.92 Å². The van der Waals surface area contributed by atoms with Crippen molar-refractivity contribution in [3.8, 4) is 22.3 Å². The van der Waals surface area contributed by atoms with Gasteiger partial charge in [0.2, 0.25) is 0 Å². The average molecular weight is 680 g/mol. The summed E-state index contributed by atoms with van der Waals surface area (Å²) < 4.78 is 6.93. The van der Waals surface area contributed by atoms with Gasteiger partial charge in [-0.1, -0.05) is 164 Å². The van der Waals surface area contributed by atoms with Crippen molar-refractivity contribution in [2.75, 3.05) is 4.90 Å². The maximum atomic E-state index is 6.93. The highest BCUT2D eigenvalue weighted by Crippen LogP contribution is 2.44. The number of allylic oxidation sites excluding steroid dienone is 3. The first-order valence-electron chi connectivity index (χ1n) is 18.5. The van der Waals surface area contributed by atoms with E-state index in [9.17, 15) is 0 Å². The minimum atomic E-state index is 0.197. The number of fused-ring (bicyclic) bond motifs is 6. The highest BCUT2D eigenvalue weighted by Gasteiger charge is 2.23. The molecule has 0 amide bonds. The van der Waals surface area contributed by atoms with Crippen molar-refractivity contribution >= 4 is 54.9 Å². The van der Waals surface area contributed by atoms with Crippen LogP contribution in [0.2, 0.25) is 0 Å². The zero-order valence-electron chi connectivity index (χ0n) is 29.3. The molecule has 1 aliphatic carbocycles. The molecule has 0 fully saturated rings. The molecule has 2 heteroatoms. The Labute approximate surface area is 309 Å². The molecule has 0 spiro atoms. The molecule has 53 heavy (non-hydrogen) atoms. The predicted molar refractivity (Wildman–Crippen MR) is 224 cm³/mol. The average Bonchev–Trinajstić information content (AvgIpc) is 3.45. The lowest BCUT2D eigenvalue weighted by Gasteiger charge is -2.28. The number of rotatable bonds is 6. The third kappa shape index (κ3) is 5.43. The van der Waals surface area contributed by atoms with E-state index in [1.54, 1.807) is 0 Å². The van der Waals surface area contributed by atoms with Gasteiger partial charge in [0.15, 0.2) is 0 Å². The second-order valence-corrected chi connectivity index (χ2v) is 13.9. The van der Waals surface area contributed by atoms with Crippen LogP contribution in [0.3, 0.4) is 0 Å². The van der Waals surface area contributed by atoms with Crippen LogP contribution in [0.5, 0.6) is 0 Å². The Morgan fingerprint density at radius 3 is 1.79 bits per heavy atom. The standard InChI is InChI=1S/C51H37NO/c1-4-16-35(17-5-1)40-32-33-49(44-26-12-10-24-42(40)44)52(38-21-8-3-9-22-38)39-23-14-20-37(30-31-39)41-28-15-29-46-48-34-47(36-18-6-2-7-19-36)43-25-11-13-27-45(43)51(48)53-50(41)46/h1-13,15-19,21-34,37H,14,20H2. The molecule has 1 atom stereocenters. The number of anilines is 2. The molecule has 0 saturated carbocycles. The van der Waals surface area contributed by atoms with Crippen LogP contribution in [-0.2, 0) is 0 Å². The van der Waals surface area contributed by atoms with E-state index in [0.717, 1.165) is 40.5 Å². The molecule has 252 valence electrons. The van der Waals surface area contributed by atoms with Gasteiger partial charge in [-0.15, -0.1) is 0 Å². The summed E-state index contributed by atoms with van der Waals surface area (Å²) in [5, 5.41) is 7.16. The first kappa shape index (κ1) is 31.1. The maximum Gasteiger partial charge on any atom is 0.143 e. The molecular weight excluding hydrogens is 643 g/mol. The fourth-order valence-electron chi connectivity index (χ4n) is 8.36. The van der Waals surface area contributed by atoms with E-state index in [1.807, 2.05) is 0 Å². The number of furan rings is 1. The molecular formula is C51H37NO. The quantitative estimate of drug-likeness (QED) is 0.174. The number of hydrogen-bond donors (Lipinski definition) is 0. The molecule has 1 aliphatic rings. The second kappa shape index (κ2) is 13.2. The first-order chi connectivity index (χ1) is 26.3. The largest absolute Gasteiger partial charge is 0.455 e. The van der Waals surface area contributed by atoms with E-state index >= 15 is 0 Å². The van der Waals surface area contributed by atoms with Crippen LogP contribution in [0, 0.1) is 0 Å². The normalized spacial score (nSPS) is 14.5. The molecule has 0 bridgehead atoms. The van der Waals surface area contributed by atoms with Gasteiger partial charge in [0.05, 0.1) is 5.69 Å². The lowest BCUT2D eigenvalue weighted by Crippen LogP contribution is -2.15. The first-order valence-corrected chi connectivity index (χ1v) is 18.5. The highest BCUT2D eigenvalue weighted by molar-refractivity contribution is 6.19.